The monoisotopic (exact) mass is 387 g/mol. The predicted octanol–water partition coefficient (Wildman–Crippen LogP) is 3.72. The van der Waals surface area contributed by atoms with Crippen molar-refractivity contribution < 1.29 is 4.79 Å². The minimum absolute atomic E-state index is 0.0605. The molecule has 5 nitrogen and oxygen atoms in total. The first-order valence-electron chi connectivity index (χ1n) is 9.46. The van der Waals surface area contributed by atoms with Crippen LogP contribution in [0.25, 0.3) is 0 Å². The number of pyridine rings is 1. The minimum Gasteiger partial charge on any atom is -0.350 e. The number of amides is 1. The lowest BCUT2D eigenvalue weighted by Gasteiger charge is -2.28. The van der Waals surface area contributed by atoms with Crippen LogP contribution in [0, 0.1) is 0 Å². The van der Waals surface area contributed by atoms with Gasteiger partial charge in [0.05, 0.1) is 11.6 Å². The van der Waals surface area contributed by atoms with E-state index in [2.05, 4.69) is 15.2 Å². The lowest BCUT2D eigenvalue weighted by molar-refractivity contribution is 0.0936. The summed E-state index contributed by atoms with van der Waals surface area (Å²) in [6, 6.07) is 10.9. The molecule has 0 saturated carbocycles. The van der Waals surface area contributed by atoms with Gasteiger partial charge in [-0.3, -0.25) is 14.5 Å². The van der Waals surface area contributed by atoms with Gasteiger partial charge in [0.2, 0.25) is 5.56 Å². The molecule has 1 fully saturated rings. The van der Waals surface area contributed by atoms with Crippen LogP contribution >= 0.6 is 11.6 Å². The summed E-state index contributed by atoms with van der Waals surface area (Å²) in [6.07, 6.45) is 2.35. The van der Waals surface area contributed by atoms with Gasteiger partial charge in [0.1, 0.15) is 0 Å². The fourth-order valence-electron chi connectivity index (χ4n) is 3.62. The summed E-state index contributed by atoms with van der Waals surface area (Å²) in [5.41, 5.74) is 2.16. The normalized spacial score (nSPS) is 15.9. The van der Waals surface area contributed by atoms with Gasteiger partial charge in [-0.05, 0) is 55.6 Å². The van der Waals surface area contributed by atoms with Crippen LogP contribution in [0.1, 0.15) is 60.3 Å². The first-order chi connectivity index (χ1) is 13.0. The van der Waals surface area contributed by atoms with E-state index in [1.54, 1.807) is 6.07 Å². The average Bonchev–Trinajstić information content (AvgIpc) is 3.17. The number of halogens is 1. The zero-order valence-electron chi connectivity index (χ0n) is 15.8. The van der Waals surface area contributed by atoms with Crippen LogP contribution in [0.2, 0.25) is 5.02 Å². The summed E-state index contributed by atoms with van der Waals surface area (Å²) < 4.78 is 0. The molecule has 27 heavy (non-hydrogen) atoms. The smallest absolute Gasteiger partial charge is 0.253 e. The summed E-state index contributed by atoms with van der Waals surface area (Å²) in [4.78, 5) is 29.6. The van der Waals surface area contributed by atoms with Crippen molar-refractivity contribution >= 4 is 17.5 Å². The molecule has 2 N–H and O–H groups in total. The van der Waals surface area contributed by atoms with Crippen molar-refractivity contribution in [1.82, 2.24) is 15.2 Å². The molecule has 1 amide bonds. The molecule has 1 aromatic heterocycles. The van der Waals surface area contributed by atoms with Gasteiger partial charge in [-0.15, -0.1) is 0 Å². The zero-order chi connectivity index (χ0) is 19.4. The van der Waals surface area contributed by atoms with E-state index in [0.29, 0.717) is 22.8 Å². The van der Waals surface area contributed by atoms with Crippen LogP contribution in [0.5, 0.6) is 0 Å². The van der Waals surface area contributed by atoms with Crippen molar-refractivity contribution in [2.24, 2.45) is 0 Å². The molecule has 2 heterocycles. The Morgan fingerprint density at radius 2 is 1.81 bits per heavy atom. The number of aromatic nitrogens is 1. The fourth-order valence-corrected chi connectivity index (χ4v) is 3.75. The highest BCUT2D eigenvalue weighted by molar-refractivity contribution is 6.30. The molecule has 0 radical (unpaired) electrons. The van der Waals surface area contributed by atoms with E-state index in [1.807, 2.05) is 38.1 Å². The Bertz CT molecular complexity index is 839. The quantitative estimate of drug-likeness (QED) is 0.793. The Balaban J connectivity index is 1.78. The van der Waals surface area contributed by atoms with Crippen LogP contribution in [-0.4, -0.2) is 35.4 Å². The first-order valence-corrected chi connectivity index (χ1v) is 9.84. The Hall–Kier alpha value is -2.11. The fraction of sp³-hybridized carbons (Fsp3) is 0.429. The highest BCUT2D eigenvalue weighted by Crippen LogP contribution is 2.26. The molecule has 6 heteroatoms. The first kappa shape index (κ1) is 19.6. The number of aromatic amines is 1. The molecule has 1 atom stereocenters. The largest absolute Gasteiger partial charge is 0.350 e. The van der Waals surface area contributed by atoms with Gasteiger partial charge in [-0.25, -0.2) is 0 Å². The molecule has 0 bridgehead atoms. The molecule has 0 aliphatic carbocycles. The number of carbonyl (C=O) groups excluding carboxylic acids is 1. The Kier molecular flexibility index (Phi) is 6.34. The lowest BCUT2D eigenvalue weighted by atomic mass is 10.0. The van der Waals surface area contributed by atoms with Crippen molar-refractivity contribution in [2.45, 2.75) is 38.6 Å². The van der Waals surface area contributed by atoms with Crippen molar-refractivity contribution in [3.05, 3.63) is 68.6 Å². The van der Waals surface area contributed by atoms with Gasteiger partial charge >= 0.3 is 0 Å². The van der Waals surface area contributed by atoms with Gasteiger partial charge in [0.25, 0.3) is 5.91 Å². The summed E-state index contributed by atoms with van der Waals surface area (Å²) in [5, 5.41) is 3.77. The number of hydrogen-bond donors (Lipinski definition) is 2. The highest BCUT2D eigenvalue weighted by atomic mass is 35.5. The van der Waals surface area contributed by atoms with Crippen molar-refractivity contribution in [3.63, 3.8) is 0 Å². The van der Waals surface area contributed by atoms with Crippen molar-refractivity contribution in [2.75, 3.05) is 19.6 Å². The molecule has 1 aliphatic heterocycles. The van der Waals surface area contributed by atoms with E-state index in [1.165, 1.54) is 18.9 Å². The zero-order valence-corrected chi connectivity index (χ0v) is 16.6. The number of H-pyrrole nitrogens is 1. The topological polar surface area (TPSA) is 65.2 Å². The minimum atomic E-state index is -0.189. The standard InChI is InChI=1S/C21H26ClN3O2/c1-14(2)20-17(9-10-19(26)24-20)21(27)23-13-18(25-11-3-4-12-25)15-5-7-16(22)8-6-15/h5-10,14,18H,3-4,11-13H2,1-2H3,(H,23,27)(H,24,26). The van der Waals surface area contributed by atoms with Gasteiger partial charge in [-0.2, -0.15) is 0 Å². The van der Waals surface area contributed by atoms with Gasteiger partial charge < -0.3 is 10.3 Å². The van der Waals surface area contributed by atoms with E-state index in [0.717, 1.165) is 18.7 Å². The molecule has 1 aromatic carbocycles. The number of rotatable bonds is 6. The van der Waals surface area contributed by atoms with E-state index >= 15 is 0 Å². The van der Waals surface area contributed by atoms with E-state index in [-0.39, 0.29) is 23.4 Å². The molecule has 0 spiro atoms. The SMILES string of the molecule is CC(C)c1[nH]c(=O)ccc1C(=O)NCC(c1ccc(Cl)cc1)N1CCCC1. The second-order valence-corrected chi connectivity index (χ2v) is 7.76. The van der Waals surface area contributed by atoms with E-state index in [9.17, 15) is 9.59 Å². The number of hydrogen-bond acceptors (Lipinski definition) is 3. The number of nitrogens with zero attached hydrogens (tertiary/aromatic N) is 1. The summed E-state index contributed by atoms with van der Waals surface area (Å²) >= 11 is 6.03. The Morgan fingerprint density at radius 1 is 1.15 bits per heavy atom. The third-order valence-corrected chi connectivity index (χ3v) is 5.32. The summed E-state index contributed by atoms with van der Waals surface area (Å²) in [6.45, 7) is 6.49. The molecule has 2 aromatic rings. The third kappa shape index (κ3) is 4.79. The summed E-state index contributed by atoms with van der Waals surface area (Å²) in [7, 11) is 0. The second kappa shape index (κ2) is 8.72. The number of likely N-dealkylation sites (tertiary alicyclic amines) is 1. The van der Waals surface area contributed by atoms with Crippen LogP contribution in [0.4, 0.5) is 0 Å². The second-order valence-electron chi connectivity index (χ2n) is 7.33. The Morgan fingerprint density at radius 3 is 2.44 bits per heavy atom. The van der Waals surface area contributed by atoms with Crippen molar-refractivity contribution in [3.8, 4) is 0 Å². The molecule has 1 unspecified atom stereocenters. The van der Waals surface area contributed by atoms with Crippen molar-refractivity contribution in [1.29, 1.82) is 0 Å². The maximum atomic E-state index is 12.8. The molecular weight excluding hydrogens is 362 g/mol. The predicted molar refractivity (Wildman–Crippen MR) is 108 cm³/mol. The summed E-state index contributed by atoms with van der Waals surface area (Å²) in [5.74, 6) is -0.0987. The Labute approximate surface area is 164 Å². The van der Waals surface area contributed by atoms with Crippen LogP contribution in [-0.2, 0) is 0 Å². The molecule has 1 saturated heterocycles. The maximum absolute atomic E-state index is 12.8. The van der Waals surface area contributed by atoms with Gasteiger partial charge in [0, 0.05) is 23.3 Å². The lowest BCUT2D eigenvalue weighted by Crippen LogP contribution is -2.37. The van der Waals surface area contributed by atoms with Crippen LogP contribution < -0.4 is 10.9 Å². The van der Waals surface area contributed by atoms with E-state index < -0.39 is 0 Å². The maximum Gasteiger partial charge on any atom is 0.253 e. The molecule has 1 aliphatic rings. The number of nitrogens with one attached hydrogen (secondary N) is 2. The van der Waals surface area contributed by atoms with Gasteiger partial charge in [0.15, 0.2) is 0 Å². The van der Waals surface area contributed by atoms with E-state index in [4.69, 9.17) is 11.6 Å². The van der Waals surface area contributed by atoms with Crippen LogP contribution in [0.15, 0.2) is 41.2 Å². The van der Waals surface area contributed by atoms with Gasteiger partial charge in [-0.1, -0.05) is 37.6 Å². The number of carbonyl (C=O) groups is 1. The third-order valence-electron chi connectivity index (χ3n) is 5.06. The van der Waals surface area contributed by atoms with Crippen LogP contribution in [0.3, 0.4) is 0 Å². The average molecular weight is 388 g/mol. The molecular formula is C21H26ClN3O2. The molecule has 144 valence electrons. The highest BCUT2D eigenvalue weighted by Gasteiger charge is 2.24. The number of benzene rings is 1. The molecule has 3 rings (SSSR count).